The average Bonchev–Trinajstić information content (AvgIpc) is 3.01. The maximum Gasteiger partial charge on any atom is 0.256 e. The first-order chi connectivity index (χ1) is 11.5. The second-order valence-electron chi connectivity index (χ2n) is 6.38. The van der Waals surface area contributed by atoms with E-state index in [1.165, 1.54) is 6.20 Å². The molecule has 1 aliphatic heterocycles. The number of likely N-dealkylation sites (N-methyl/N-ethyl adjacent to an activating group) is 1. The van der Waals surface area contributed by atoms with E-state index in [1.54, 1.807) is 48.5 Å². The molecule has 1 saturated heterocycles. The number of rotatable bonds is 4. The topological polar surface area (TPSA) is 87.4 Å². The van der Waals surface area contributed by atoms with Gasteiger partial charge in [-0.05, 0) is 12.8 Å². The quantitative estimate of drug-likeness (QED) is 0.868. The summed E-state index contributed by atoms with van der Waals surface area (Å²) in [5, 5.41) is 15.0. The van der Waals surface area contributed by atoms with Gasteiger partial charge in [0.15, 0.2) is 0 Å². The van der Waals surface area contributed by atoms with E-state index < -0.39 is 5.60 Å². The van der Waals surface area contributed by atoms with Crippen molar-refractivity contribution in [1.29, 1.82) is 0 Å². The third kappa shape index (κ3) is 3.53. The van der Waals surface area contributed by atoms with Crippen LogP contribution in [0.1, 0.15) is 23.2 Å². The van der Waals surface area contributed by atoms with Gasteiger partial charge in [0.25, 0.3) is 5.91 Å². The Hall–Kier alpha value is -2.48. The number of β-amino-alcohol motifs (C(OH)–C–C–N with tert-alkyl or cyclic N) is 1. The molecule has 8 heteroatoms. The predicted molar refractivity (Wildman–Crippen MR) is 88.6 cm³/mol. The number of anilines is 1. The molecule has 0 unspecified atom stereocenters. The smallest absolute Gasteiger partial charge is 0.256 e. The molecular weight excluding hydrogens is 308 g/mol. The highest BCUT2D eigenvalue weighted by molar-refractivity contribution is 5.93. The Morgan fingerprint density at radius 1 is 1.42 bits per heavy atom. The summed E-state index contributed by atoms with van der Waals surface area (Å²) >= 11 is 0. The first-order valence-corrected chi connectivity index (χ1v) is 7.94. The zero-order valence-electron chi connectivity index (χ0n) is 14.0. The lowest BCUT2D eigenvalue weighted by atomic mass is 9.92. The van der Waals surface area contributed by atoms with Crippen LogP contribution in [0.2, 0.25) is 0 Å². The van der Waals surface area contributed by atoms with Crippen molar-refractivity contribution in [2.45, 2.75) is 18.4 Å². The van der Waals surface area contributed by atoms with Gasteiger partial charge >= 0.3 is 0 Å². The van der Waals surface area contributed by atoms with E-state index in [0.29, 0.717) is 18.5 Å². The lowest BCUT2D eigenvalue weighted by Gasteiger charge is -2.41. The molecule has 1 amide bonds. The molecule has 3 heterocycles. The molecule has 0 aliphatic carbocycles. The maximum atomic E-state index is 12.5. The minimum Gasteiger partial charge on any atom is -0.386 e. The summed E-state index contributed by atoms with van der Waals surface area (Å²) in [6, 6.07) is 0. The Kier molecular flexibility index (Phi) is 4.48. The molecule has 1 aliphatic rings. The summed E-state index contributed by atoms with van der Waals surface area (Å²) in [5.41, 5.74) is -0.451. The molecule has 2 aromatic heterocycles. The van der Waals surface area contributed by atoms with Gasteiger partial charge in [-0.2, -0.15) is 5.10 Å². The third-order valence-electron chi connectivity index (χ3n) is 4.26. The van der Waals surface area contributed by atoms with Crippen molar-refractivity contribution in [2.24, 2.45) is 7.05 Å². The van der Waals surface area contributed by atoms with E-state index in [-0.39, 0.29) is 12.5 Å². The van der Waals surface area contributed by atoms with Crippen molar-refractivity contribution >= 4 is 11.7 Å². The third-order valence-corrected chi connectivity index (χ3v) is 4.26. The van der Waals surface area contributed by atoms with E-state index >= 15 is 0 Å². The first-order valence-electron chi connectivity index (χ1n) is 7.94. The van der Waals surface area contributed by atoms with Crippen molar-refractivity contribution in [1.82, 2.24) is 24.6 Å². The zero-order chi connectivity index (χ0) is 17.2. The minimum atomic E-state index is -0.970. The van der Waals surface area contributed by atoms with Gasteiger partial charge in [-0.1, -0.05) is 0 Å². The number of carbonyl (C=O) groups is 1. The Morgan fingerprint density at radius 3 is 2.92 bits per heavy atom. The number of aromatic nitrogens is 4. The number of hydrogen-bond donors (Lipinski definition) is 1. The van der Waals surface area contributed by atoms with Gasteiger partial charge in [-0.15, -0.1) is 0 Å². The fourth-order valence-electron chi connectivity index (χ4n) is 3.16. The Balaban J connectivity index is 1.67. The van der Waals surface area contributed by atoms with Crippen molar-refractivity contribution in [2.75, 3.05) is 31.6 Å². The second-order valence-corrected chi connectivity index (χ2v) is 6.38. The molecule has 1 N–H and O–H groups in total. The van der Waals surface area contributed by atoms with E-state index in [4.69, 9.17) is 0 Å². The fourth-order valence-corrected chi connectivity index (χ4v) is 3.16. The van der Waals surface area contributed by atoms with Gasteiger partial charge in [0.1, 0.15) is 5.82 Å². The van der Waals surface area contributed by atoms with Crippen LogP contribution in [0, 0.1) is 0 Å². The Morgan fingerprint density at radius 2 is 2.25 bits per heavy atom. The van der Waals surface area contributed by atoms with Crippen LogP contribution in [-0.2, 0) is 7.05 Å². The lowest BCUT2D eigenvalue weighted by Crippen LogP contribution is -2.54. The van der Waals surface area contributed by atoms with Crippen LogP contribution in [0.4, 0.5) is 5.82 Å². The summed E-state index contributed by atoms with van der Waals surface area (Å²) in [5.74, 6) is 0.602. The Labute approximate surface area is 140 Å². The molecule has 24 heavy (non-hydrogen) atoms. The number of hydrogen-bond acceptors (Lipinski definition) is 6. The summed E-state index contributed by atoms with van der Waals surface area (Å²) < 4.78 is 1.59. The molecule has 1 fully saturated rings. The molecule has 0 radical (unpaired) electrons. The number of piperidine rings is 1. The number of aryl methyl sites for hydroxylation is 1. The number of nitrogens with zero attached hydrogens (tertiary/aromatic N) is 6. The van der Waals surface area contributed by atoms with Gasteiger partial charge in [-0.25, -0.2) is 4.98 Å². The molecule has 2 aromatic rings. The highest BCUT2D eigenvalue weighted by atomic mass is 16.3. The Bertz CT molecular complexity index is 704. The molecule has 1 atom stereocenters. The van der Waals surface area contributed by atoms with Crippen molar-refractivity contribution < 1.29 is 9.90 Å². The molecule has 0 bridgehead atoms. The molecule has 0 aromatic carbocycles. The lowest BCUT2D eigenvalue weighted by molar-refractivity contribution is -0.000147. The van der Waals surface area contributed by atoms with E-state index in [1.807, 2.05) is 4.90 Å². The van der Waals surface area contributed by atoms with Crippen LogP contribution >= 0.6 is 0 Å². The van der Waals surface area contributed by atoms with Crippen molar-refractivity contribution in [3.63, 3.8) is 0 Å². The van der Waals surface area contributed by atoms with E-state index in [0.717, 1.165) is 18.8 Å². The van der Waals surface area contributed by atoms with Crippen LogP contribution in [0.25, 0.3) is 0 Å². The molecule has 128 valence electrons. The second kappa shape index (κ2) is 6.56. The van der Waals surface area contributed by atoms with Crippen LogP contribution in [-0.4, -0.2) is 67.9 Å². The van der Waals surface area contributed by atoms with Gasteiger partial charge in [0, 0.05) is 45.8 Å². The molecule has 3 rings (SSSR count). The van der Waals surface area contributed by atoms with Crippen molar-refractivity contribution in [3.8, 4) is 0 Å². The van der Waals surface area contributed by atoms with Gasteiger partial charge < -0.3 is 14.9 Å². The monoisotopic (exact) mass is 330 g/mol. The average molecular weight is 330 g/mol. The zero-order valence-corrected chi connectivity index (χ0v) is 14.0. The molecular formula is C16H22N6O2. The SMILES string of the molecule is CN(C[C@@]1(O)CCCN(c2cnccn2)C1)C(=O)c1cnn(C)c1. The standard InChI is InChI=1S/C16H22N6O2/c1-20(15(23)13-8-19-21(2)10-13)11-16(24)4-3-7-22(12-16)14-9-17-5-6-18-14/h5-6,8-10,24H,3-4,7,11-12H2,1-2H3/t16-/m0/s1. The number of carbonyl (C=O) groups excluding carboxylic acids is 1. The van der Waals surface area contributed by atoms with Gasteiger partial charge in [0.05, 0.1) is 30.1 Å². The highest BCUT2D eigenvalue weighted by Crippen LogP contribution is 2.25. The van der Waals surface area contributed by atoms with E-state index in [2.05, 4.69) is 15.1 Å². The minimum absolute atomic E-state index is 0.145. The van der Waals surface area contributed by atoms with Gasteiger partial charge in [-0.3, -0.25) is 14.5 Å². The van der Waals surface area contributed by atoms with Crippen LogP contribution in [0.5, 0.6) is 0 Å². The fraction of sp³-hybridized carbons (Fsp3) is 0.500. The summed E-state index contributed by atoms with van der Waals surface area (Å²) in [6.07, 6.45) is 9.65. The van der Waals surface area contributed by atoms with Crippen molar-refractivity contribution in [3.05, 3.63) is 36.5 Å². The first kappa shape index (κ1) is 16.4. The predicted octanol–water partition coefficient (Wildman–Crippen LogP) is 0.314. The van der Waals surface area contributed by atoms with Gasteiger partial charge in [0.2, 0.25) is 0 Å². The number of amides is 1. The number of aliphatic hydroxyl groups is 1. The normalized spacial score (nSPS) is 20.9. The summed E-state index contributed by atoms with van der Waals surface area (Å²) in [6.45, 7) is 1.51. The molecule has 8 nitrogen and oxygen atoms in total. The maximum absolute atomic E-state index is 12.5. The highest BCUT2D eigenvalue weighted by Gasteiger charge is 2.36. The van der Waals surface area contributed by atoms with E-state index in [9.17, 15) is 9.90 Å². The summed E-state index contributed by atoms with van der Waals surface area (Å²) in [7, 11) is 3.47. The van der Waals surface area contributed by atoms with Crippen LogP contribution in [0.15, 0.2) is 31.0 Å². The summed E-state index contributed by atoms with van der Waals surface area (Å²) in [4.78, 5) is 24.4. The van der Waals surface area contributed by atoms with Crippen LogP contribution in [0.3, 0.4) is 0 Å². The van der Waals surface area contributed by atoms with Crippen LogP contribution < -0.4 is 4.90 Å². The molecule has 0 saturated carbocycles. The largest absolute Gasteiger partial charge is 0.386 e. The molecule has 0 spiro atoms.